The van der Waals surface area contributed by atoms with Crippen LogP contribution in [0, 0.1) is 0 Å². The number of fused-ring (bicyclic) bond motifs is 1. The van der Waals surface area contributed by atoms with E-state index in [0.29, 0.717) is 16.4 Å². The van der Waals surface area contributed by atoms with Crippen molar-refractivity contribution in [3.05, 3.63) is 93.9 Å². The van der Waals surface area contributed by atoms with E-state index in [0.717, 1.165) is 16.5 Å². The number of para-hydroxylation sites is 1. The molecule has 0 radical (unpaired) electrons. The average molecular weight is 405 g/mol. The van der Waals surface area contributed by atoms with Gasteiger partial charge in [0.1, 0.15) is 5.69 Å². The fraction of sp³-hybridized carbons (Fsp3) is 0.0909. The van der Waals surface area contributed by atoms with E-state index in [1.165, 1.54) is 10.7 Å². The molecule has 2 aromatic carbocycles. The van der Waals surface area contributed by atoms with E-state index in [2.05, 4.69) is 15.4 Å². The first-order valence-corrected chi connectivity index (χ1v) is 9.46. The van der Waals surface area contributed by atoms with Gasteiger partial charge in [-0.2, -0.15) is 5.10 Å². The van der Waals surface area contributed by atoms with E-state index >= 15 is 0 Å². The van der Waals surface area contributed by atoms with Gasteiger partial charge in [0.05, 0.1) is 17.8 Å². The van der Waals surface area contributed by atoms with Crippen LogP contribution in [0.15, 0.2) is 77.6 Å². The molecule has 0 atom stereocenters. The third-order valence-corrected chi connectivity index (χ3v) is 4.70. The fourth-order valence-electron chi connectivity index (χ4n) is 2.94. The maximum Gasteiger partial charge on any atom is 0.269 e. The molecule has 2 aromatic heterocycles. The van der Waals surface area contributed by atoms with Crippen LogP contribution >= 0.6 is 11.6 Å². The second-order valence-electron chi connectivity index (χ2n) is 6.43. The van der Waals surface area contributed by atoms with E-state index in [4.69, 9.17) is 11.6 Å². The largest absolute Gasteiger partial charge is 0.349 e. The van der Waals surface area contributed by atoms with E-state index < -0.39 is 0 Å². The standard InChI is InChI=1S/C22H17ClN4O2/c23-17-8-5-16(6-9-17)19-11-12-21(28)27(26-19)14-13-24-22(29)20-10-7-15-3-1-2-4-18(15)25-20/h1-12H,13-14H2,(H,24,29). The van der Waals surface area contributed by atoms with Crippen LogP contribution in [0.25, 0.3) is 22.2 Å². The third-order valence-electron chi connectivity index (χ3n) is 4.45. The topological polar surface area (TPSA) is 76.9 Å². The van der Waals surface area contributed by atoms with Crippen molar-refractivity contribution in [3.8, 4) is 11.3 Å². The van der Waals surface area contributed by atoms with Crippen LogP contribution in [0.5, 0.6) is 0 Å². The van der Waals surface area contributed by atoms with E-state index in [9.17, 15) is 9.59 Å². The van der Waals surface area contributed by atoms with Gasteiger partial charge in [0.25, 0.3) is 11.5 Å². The molecule has 0 fully saturated rings. The van der Waals surface area contributed by atoms with E-state index in [-0.39, 0.29) is 24.6 Å². The summed E-state index contributed by atoms with van der Waals surface area (Å²) in [5.41, 5.74) is 2.37. The minimum absolute atomic E-state index is 0.235. The van der Waals surface area contributed by atoms with Gasteiger partial charge in [0.15, 0.2) is 0 Å². The Morgan fingerprint density at radius 2 is 1.76 bits per heavy atom. The van der Waals surface area contributed by atoms with Crippen molar-refractivity contribution in [2.24, 2.45) is 0 Å². The highest BCUT2D eigenvalue weighted by Crippen LogP contribution is 2.18. The summed E-state index contributed by atoms with van der Waals surface area (Å²) in [4.78, 5) is 28.9. The summed E-state index contributed by atoms with van der Waals surface area (Å²) in [6, 6.07) is 21.5. The lowest BCUT2D eigenvalue weighted by molar-refractivity contribution is 0.0947. The van der Waals surface area contributed by atoms with Crippen molar-refractivity contribution in [3.63, 3.8) is 0 Å². The Bertz CT molecular complexity index is 1240. The van der Waals surface area contributed by atoms with Crippen molar-refractivity contribution in [2.45, 2.75) is 6.54 Å². The molecule has 6 nitrogen and oxygen atoms in total. The summed E-state index contributed by atoms with van der Waals surface area (Å²) in [5, 5.41) is 8.77. The molecule has 2 heterocycles. The molecule has 4 rings (SSSR count). The predicted molar refractivity (Wildman–Crippen MR) is 113 cm³/mol. The van der Waals surface area contributed by atoms with Crippen molar-refractivity contribution in [1.29, 1.82) is 0 Å². The van der Waals surface area contributed by atoms with Gasteiger partial charge >= 0.3 is 0 Å². The van der Waals surface area contributed by atoms with Gasteiger partial charge in [0, 0.05) is 28.6 Å². The predicted octanol–water partition coefficient (Wildman–Crippen LogP) is 3.54. The van der Waals surface area contributed by atoms with E-state index in [1.54, 1.807) is 24.3 Å². The quantitative estimate of drug-likeness (QED) is 0.552. The summed E-state index contributed by atoms with van der Waals surface area (Å²) in [5.74, 6) is -0.294. The molecule has 29 heavy (non-hydrogen) atoms. The first-order valence-electron chi connectivity index (χ1n) is 9.08. The Labute approximate surface area is 171 Å². The molecule has 0 aliphatic heterocycles. The van der Waals surface area contributed by atoms with Crippen LogP contribution in [0.1, 0.15) is 10.5 Å². The molecule has 0 bridgehead atoms. The Kier molecular flexibility index (Phi) is 5.35. The van der Waals surface area contributed by atoms with Gasteiger partial charge < -0.3 is 5.32 Å². The smallest absolute Gasteiger partial charge is 0.269 e. The van der Waals surface area contributed by atoms with Crippen LogP contribution in [0.2, 0.25) is 5.02 Å². The highest BCUT2D eigenvalue weighted by atomic mass is 35.5. The summed E-state index contributed by atoms with van der Waals surface area (Å²) in [7, 11) is 0. The summed E-state index contributed by atoms with van der Waals surface area (Å²) < 4.78 is 1.33. The first-order chi connectivity index (χ1) is 14.1. The van der Waals surface area contributed by atoms with Crippen LogP contribution in [-0.4, -0.2) is 27.2 Å². The molecule has 1 amide bonds. The molecule has 0 unspecified atom stereocenters. The first kappa shape index (κ1) is 18.8. The molecule has 0 spiro atoms. The number of aromatic nitrogens is 3. The molecule has 7 heteroatoms. The molecule has 144 valence electrons. The number of pyridine rings is 1. The number of hydrogen-bond donors (Lipinski definition) is 1. The average Bonchev–Trinajstić information content (AvgIpc) is 2.75. The Morgan fingerprint density at radius 1 is 0.966 bits per heavy atom. The SMILES string of the molecule is O=C(NCCn1nc(-c2ccc(Cl)cc2)ccc1=O)c1ccc2ccccc2n1. The third kappa shape index (κ3) is 4.33. The normalized spacial score (nSPS) is 10.8. The Morgan fingerprint density at radius 3 is 2.59 bits per heavy atom. The molecule has 0 saturated carbocycles. The highest BCUT2D eigenvalue weighted by Gasteiger charge is 2.09. The van der Waals surface area contributed by atoms with Crippen molar-refractivity contribution in [1.82, 2.24) is 20.1 Å². The second-order valence-corrected chi connectivity index (χ2v) is 6.87. The lowest BCUT2D eigenvalue weighted by Crippen LogP contribution is -2.32. The van der Waals surface area contributed by atoms with E-state index in [1.807, 2.05) is 42.5 Å². The molecule has 0 saturated heterocycles. The maximum atomic E-state index is 12.4. The van der Waals surface area contributed by atoms with Crippen molar-refractivity contribution >= 4 is 28.4 Å². The van der Waals surface area contributed by atoms with Gasteiger partial charge in [-0.05, 0) is 30.3 Å². The molecule has 0 aliphatic carbocycles. The van der Waals surface area contributed by atoms with Crippen molar-refractivity contribution < 1.29 is 4.79 Å². The molecular weight excluding hydrogens is 388 g/mol. The number of nitrogens with one attached hydrogen (secondary N) is 1. The lowest BCUT2D eigenvalue weighted by atomic mass is 10.1. The summed E-state index contributed by atoms with van der Waals surface area (Å²) in [6.45, 7) is 0.504. The van der Waals surface area contributed by atoms with Crippen LogP contribution in [-0.2, 0) is 6.54 Å². The molecule has 0 aliphatic rings. The molecule has 4 aromatic rings. The monoisotopic (exact) mass is 404 g/mol. The van der Waals surface area contributed by atoms with Crippen molar-refractivity contribution in [2.75, 3.05) is 6.54 Å². The van der Waals surface area contributed by atoms with Crippen LogP contribution in [0.3, 0.4) is 0 Å². The van der Waals surface area contributed by atoms with Gasteiger partial charge in [-0.1, -0.05) is 48.0 Å². The fourth-order valence-corrected chi connectivity index (χ4v) is 3.07. The lowest BCUT2D eigenvalue weighted by Gasteiger charge is -2.09. The van der Waals surface area contributed by atoms with Gasteiger partial charge in [-0.3, -0.25) is 9.59 Å². The Hall–Kier alpha value is -3.51. The number of rotatable bonds is 5. The number of carbonyl (C=O) groups excluding carboxylic acids is 1. The minimum atomic E-state index is -0.294. The number of halogens is 1. The zero-order valence-electron chi connectivity index (χ0n) is 15.4. The zero-order valence-corrected chi connectivity index (χ0v) is 16.1. The van der Waals surface area contributed by atoms with Gasteiger partial charge in [-0.25, -0.2) is 9.67 Å². The number of carbonyl (C=O) groups is 1. The van der Waals surface area contributed by atoms with Gasteiger partial charge in [-0.15, -0.1) is 0 Å². The summed E-state index contributed by atoms with van der Waals surface area (Å²) in [6.07, 6.45) is 0. The number of nitrogens with zero attached hydrogens (tertiary/aromatic N) is 3. The maximum absolute atomic E-state index is 12.4. The van der Waals surface area contributed by atoms with Crippen LogP contribution < -0.4 is 10.9 Å². The number of benzene rings is 2. The highest BCUT2D eigenvalue weighted by molar-refractivity contribution is 6.30. The Balaban J connectivity index is 1.44. The number of amides is 1. The van der Waals surface area contributed by atoms with Crippen LogP contribution in [0.4, 0.5) is 0 Å². The molecule has 1 N–H and O–H groups in total. The number of hydrogen-bond acceptors (Lipinski definition) is 4. The molecular formula is C22H17ClN4O2. The summed E-state index contributed by atoms with van der Waals surface area (Å²) >= 11 is 5.92. The second kappa shape index (κ2) is 8.24. The van der Waals surface area contributed by atoms with Gasteiger partial charge in [0.2, 0.25) is 0 Å². The zero-order chi connectivity index (χ0) is 20.2. The minimum Gasteiger partial charge on any atom is -0.349 e.